The molecule has 3 heteroatoms. The highest BCUT2D eigenvalue weighted by Crippen LogP contribution is 2.32. The monoisotopic (exact) mass is 189 g/mol. The van der Waals surface area contributed by atoms with Gasteiger partial charge in [0.15, 0.2) is 0 Å². The summed E-state index contributed by atoms with van der Waals surface area (Å²) in [6, 6.07) is 0.250. The number of nitrogens with two attached hydrogens (primary N) is 1. The van der Waals surface area contributed by atoms with Crippen LogP contribution in [0, 0.1) is 0 Å². The van der Waals surface area contributed by atoms with E-state index >= 15 is 0 Å². The second-order valence-electron chi connectivity index (χ2n) is 3.92. The highest BCUT2D eigenvalue weighted by molar-refractivity contribution is 7.99. The summed E-state index contributed by atoms with van der Waals surface area (Å²) >= 11 is 1.78. The third-order valence-corrected chi connectivity index (χ3v) is 3.79. The van der Waals surface area contributed by atoms with Gasteiger partial charge in [-0.3, -0.25) is 0 Å². The summed E-state index contributed by atoms with van der Waals surface area (Å²) in [5.74, 6) is 1.83. The smallest absolute Gasteiger partial charge is 0.0737 e. The zero-order valence-electron chi connectivity index (χ0n) is 7.75. The predicted octanol–water partition coefficient (Wildman–Crippen LogP) is 1.37. The highest BCUT2D eigenvalue weighted by atomic mass is 32.2. The van der Waals surface area contributed by atoms with Crippen molar-refractivity contribution in [2.75, 3.05) is 11.5 Å². The summed E-state index contributed by atoms with van der Waals surface area (Å²) in [5.41, 5.74) is 5.26. The molecular formula is C9H19NOS. The molecule has 0 bridgehead atoms. The summed E-state index contributed by atoms with van der Waals surface area (Å²) in [4.78, 5) is 0. The standard InChI is InChI=1S/C9H19NOS/c1-8(10)6-12-7-9(11)4-2-3-5-9/h8,11H,2-7,10H2,1H3. The first-order valence-electron chi connectivity index (χ1n) is 4.68. The lowest BCUT2D eigenvalue weighted by atomic mass is 10.1. The number of thioether (sulfide) groups is 1. The SMILES string of the molecule is CC(N)CSCC1(O)CCCC1. The molecule has 0 radical (unpaired) electrons. The van der Waals surface area contributed by atoms with Gasteiger partial charge in [0.1, 0.15) is 0 Å². The number of rotatable bonds is 4. The van der Waals surface area contributed by atoms with Crippen molar-refractivity contribution in [1.29, 1.82) is 0 Å². The van der Waals surface area contributed by atoms with E-state index in [1.54, 1.807) is 11.8 Å². The molecule has 3 N–H and O–H groups in total. The van der Waals surface area contributed by atoms with E-state index in [4.69, 9.17) is 5.73 Å². The summed E-state index contributed by atoms with van der Waals surface area (Å²) in [7, 11) is 0. The first-order valence-corrected chi connectivity index (χ1v) is 5.84. The fraction of sp³-hybridized carbons (Fsp3) is 1.00. The Bertz CT molecular complexity index is 132. The van der Waals surface area contributed by atoms with Crippen molar-refractivity contribution in [2.45, 2.75) is 44.2 Å². The molecule has 1 aliphatic carbocycles. The molecule has 0 aliphatic heterocycles. The first kappa shape index (κ1) is 10.4. The van der Waals surface area contributed by atoms with Crippen molar-refractivity contribution in [2.24, 2.45) is 5.73 Å². The lowest BCUT2D eigenvalue weighted by Crippen LogP contribution is -2.28. The molecule has 0 aromatic carbocycles. The normalized spacial score (nSPS) is 24.2. The molecule has 1 fully saturated rings. The Hall–Kier alpha value is 0.270. The molecule has 0 saturated heterocycles. The van der Waals surface area contributed by atoms with Gasteiger partial charge in [0.05, 0.1) is 5.60 Å². The molecule has 0 spiro atoms. The Balaban J connectivity index is 2.13. The Morgan fingerprint density at radius 3 is 2.58 bits per heavy atom. The summed E-state index contributed by atoms with van der Waals surface area (Å²) in [6.45, 7) is 2.01. The van der Waals surface area contributed by atoms with Gasteiger partial charge in [-0.2, -0.15) is 11.8 Å². The minimum Gasteiger partial charge on any atom is -0.389 e. The fourth-order valence-corrected chi connectivity index (χ4v) is 2.77. The molecule has 0 aromatic rings. The van der Waals surface area contributed by atoms with E-state index in [2.05, 4.69) is 0 Å². The van der Waals surface area contributed by atoms with Gasteiger partial charge in [0.25, 0.3) is 0 Å². The van der Waals surface area contributed by atoms with Crippen LogP contribution in [0.25, 0.3) is 0 Å². The molecule has 72 valence electrons. The molecule has 0 amide bonds. The summed E-state index contributed by atoms with van der Waals surface area (Å²) < 4.78 is 0. The van der Waals surface area contributed by atoms with Crippen LogP contribution in [0.1, 0.15) is 32.6 Å². The van der Waals surface area contributed by atoms with E-state index in [0.717, 1.165) is 24.3 Å². The van der Waals surface area contributed by atoms with E-state index in [-0.39, 0.29) is 11.6 Å². The van der Waals surface area contributed by atoms with Crippen LogP contribution >= 0.6 is 11.8 Å². The number of hydrogen-bond acceptors (Lipinski definition) is 3. The van der Waals surface area contributed by atoms with E-state index in [9.17, 15) is 5.11 Å². The van der Waals surface area contributed by atoms with Gasteiger partial charge < -0.3 is 10.8 Å². The lowest BCUT2D eigenvalue weighted by molar-refractivity contribution is 0.0732. The Labute approximate surface area is 78.9 Å². The molecule has 1 atom stereocenters. The van der Waals surface area contributed by atoms with Crippen LogP contribution in [0.4, 0.5) is 0 Å². The van der Waals surface area contributed by atoms with Crippen molar-refractivity contribution in [3.8, 4) is 0 Å². The molecule has 12 heavy (non-hydrogen) atoms. The molecule has 0 heterocycles. The second-order valence-corrected chi connectivity index (χ2v) is 4.95. The maximum atomic E-state index is 9.94. The molecule has 1 unspecified atom stereocenters. The highest BCUT2D eigenvalue weighted by Gasteiger charge is 2.30. The van der Waals surface area contributed by atoms with Crippen LogP contribution in [0.15, 0.2) is 0 Å². The van der Waals surface area contributed by atoms with Crippen LogP contribution in [-0.4, -0.2) is 28.3 Å². The molecule has 2 nitrogen and oxygen atoms in total. The van der Waals surface area contributed by atoms with Gasteiger partial charge in [-0.1, -0.05) is 12.8 Å². The van der Waals surface area contributed by atoms with Crippen LogP contribution in [0.5, 0.6) is 0 Å². The Kier molecular flexibility index (Phi) is 3.87. The van der Waals surface area contributed by atoms with Gasteiger partial charge >= 0.3 is 0 Å². The predicted molar refractivity (Wildman–Crippen MR) is 54.4 cm³/mol. The topological polar surface area (TPSA) is 46.2 Å². The minimum atomic E-state index is -0.362. The quantitative estimate of drug-likeness (QED) is 0.702. The molecule has 1 rings (SSSR count). The number of hydrogen-bond donors (Lipinski definition) is 2. The fourth-order valence-electron chi connectivity index (χ4n) is 1.61. The van der Waals surface area contributed by atoms with Gasteiger partial charge in [-0.15, -0.1) is 0 Å². The largest absolute Gasteiger partial charge is 0.389 e. The zero-order chi connectivity index (χ0) is 9.03. The van der Waals surface area contributed by atoms with Crippen molar-refractivity contribution >= 4 is 11.8 Å². The van der Waals surface area contributed by atoms with Gasteiger partial charge in [-0.05, 0) is 19.8 Å². The average molecular weight is 189 g/mol. The first-order chi connectivity index (χ1) is 5.62. The van der Waals surface area contributed by atoms with Crippen molar-refractivity contribution in [1.82, 2.24) is 0 Å². The molecule has 1 saturated carbocycles. The van der Waals surface area contributed by atoms with Crippen molar-refractivity contribution in [3.05, 3.63) is 0 Å². The van der Waals surface area contributed by atoms with Crippen molar-refractivity contribution < 1.29 is 5.11 Å². The Morgan fingerprint density at radius 2 is 2.08 bits per heavy atom. The second kappa shape index (κ2) is 4.49. The molecule has 1 aliphatic rings. The minimum absolute atomic E-state index is 0.250. The van der Waals surface area contributed by atoms with Gasteiger partial charge in [-0.25, -0.2) is 0 Å². The van der Waals surface area contributed by atoms with Gasteiger partial charge in [0, 0.05) is 17.5 Å². The summed E-state index contributed by atoms with van der Waals surface area (Å²) in [6.07, 6.45) is 4.35. The lowest BCUT2D eigenvalue weighted by Gasteiger charge is -2.21. The van der Waals surface area contributed by atoms with E-state index in [0.29, 0.717) is 0 Å². The van der Waals surface area contributed by atoms with E-state index in [1.807, 2.05) is 6.92 Å². The van der Waals surface area contributed by atoms with Crippen molar-refractivity contribution in [3.63, 3.8) is 0 Å². The van der Waals surface area contributed by atoms with Crippen LogP contribution < -0.4 is 5.73 Å². The maximum absolute atomic E-state index is 9.94. The number of aliphatic hydroxyl groups is 1. The van der Waals surface area contributed by atoms with E-state index < -0.39 is 0 Å². The molecule has 0 aromatic heterocycles. The average Bonchev–Trinajstić information content (AvgIpc) is 2.35. The zero-order valence-corrected chi connectivity index (χ0v) is 8.57. The Morgan fingerprint density at radius 1 is 1.50 bits per heavy atom. The van der Waals surface area contributed by atoms with Crippen LogP contribution in [0.3, 0.4) is 0 Å². The van der Waals surface area contributed by atoms with E-state index in [1.165, 1.54) is 12.8 Å². The van der Waals surface area contributed by atoms with Gasteiger partial charge in [0.2, 0.25) is 0 Å². The maximum Gasteiger partial charge on any atom is 0.0737 e. The van der Waals surface area contributed by atoms with Crippen LogP contribution in [-0.2, 0) is 0 Å². The molecular weight excluding hydrogens is 170 g/mol. The van der Waals surface area contributed by atoms with Crippen LogP contribution in [0.2, 0.25) is 0 Å². The summed E-state index contributed by atoms with van der Waals surface area (Å²) in [5, 5.41) is 9.94. The third-order valence-electron chi connectivity index (χ3n) is 2.29. The third kappa shape index (κ3) is 3.33.